The van der Waals surface area contributed by atoms with Gasteiger partial charge in [-0.25, -0.2) is 0 Å². The Morgan fingerprint density at radius 3 is 2.74 bits per heavy atom. The SMILES string of the molecule is CCCCCCOC(=O)Cn1ccc2cc(OC)ccc2c1=O. The van der Waals surface area contributed by atoms with Gasteiger partial charge in [-0.05, 0) is 36.1 Å². The largest absolute Gasteiger partial charge is 0.497 e. The Kier molecular flexibility index (Phi) is 6.20. The first-order valence-electron chi connectivity index (χ1n) is 7.98. The number of aromatic nitrogens is 1. The Labute approximate surface area is 135 Å². The minimum atomic E-state index is -0.378. The number of fused-ring (bicyclic) bond motifs is 1. The van der Waals surface area contributed by atoms with Crippen molar-refractivity contribution in [3.05, 3.63) is 40.8 Å². The van der Waals surface area contributed by atoms with E-state index in [0.717, 1.165) is 31.1 Å². The second-order valence-electron chi connectivity index (χ2n) is 5.48. The van der Waals surface area contributed by atoms with Crippen molar-refractivity contribution in [2.75, 3.05) is 13.7 Å². The fourth-order valence-corrected chi connectivity index (χ4v) is 2.42. The number of carbonyl (C=O) groups excluding carboxylic acids is 1. The highest BCUT2D eigenvalue weighted by molar-refractivity contribution is 5.83. The molecule has 0 fully saturated rings. The van der Waals surface area contributed by atoms with E-state index in [9.17, 15) is 9.59 Å². The first-order chi connectivity index (χ1) is 11.2. The number of nitrogens with zero attached hydrogens (tertiary/aromatic N) is 1. The predicted octanol–water partition coefficient (Wildman–Crippen LogP) is 3.13. The highest BCUT2D eigenvalue weighted by Crippen LogP contribution is 2.17. The summed E-state index contributed by atoms with van der Waals surface area (Å²) >= 11 is 0. The molecule has 0 saturated heterocycles. The zero-order chi connectivity index (χ0) is 16.7. The summed E-state index contributed by atoms with van der Waals surface area (Å²) in [4.78, 5) is 24.2. The van der Waals surface area contributed by atoms with E-state index < -0.39 is 0 Å². The van der Waals surface area contributed by atoms with Gasteiger partial charge in [0.2, 0.25) is 0 Å². The number of hydrogen-bond donors (Lipinski definition) is 0. The Balaban J connectivity index is 2.01. The first-order valence-corrected chi connectivity index (χ1v) is 7.98. The minimum Gasteiger partial charge on any atom is -0.497 e. The van der Waals surface area contributed by atoms with Gasteiger partial charge in [0, 0.05) is 11.6 Å². The lowest BCUT2D eigenvalue weighted by atomic mass is 10.1. The van der Waals surface area contributed by atoms with Crippen molar-refractivity contribution in [2.24, 2.45) is 0 Å². The number of esters is 1. The van der Waals surface area contributed by atoms with E-state index in [4.69, 9.17) is 9.47 Å². The summed E-state index contributed by atoms with van der Waals surface area (Å²) in [5, 5.41) is 1.35. The van der Waals surface area contributed by atoms with E-state index in [1.807, 2.05) is 0 Å². The number of hydrogen-bond acceptors (Lipinski definition) is 4. The molecule has 5 nitrogen and oxygen atoms in total. The van der Waals surface area contributed by atoms with E-state index in [-0.39, 0.29) is 18.1 Å². The third kappa shape index (κ3) is 4.58. The summed E-state index contributed by atoms with van der Waals surface area (Å²) in [6.07, 6.45) is 5.83. The number of unbranched alkanes of at least 4 members (excludes halogenated alkanes) is 3. The van der Waals surface area contributed by atoms with Crippen molar-refractivity contribution in [3.8, 4) is 5.75 Å². The Hall–Kier alpha value is -2.30. The van der Waals surface area contributed by atoms with Gasteiger partial charge in [0.25, 0.3) is 5.56 Å². The van der Waals surface area contributed by atoms with Gasteiger partial charge in [-0.15, -0.1) is 0 Å². The fraction of sp³-hybridized carbons (Fsp3) is 0.444. The van der Waals surface area contributed by atoms with Crippen LogP contribution in [0.5, 0.6) is 5.75 Å². The van der Waals surface area contributed by atoms with Crippen LogP contribution in [0.25, 0.3) is 10.8 Å². The van der Waals surface area contributed by atoms with Crippen LogP contribution in [0.4, 0.5) is 0 Å². The zero-order valence-electron chi connectivity index (χ0n) is 13.7. The van der Waals surface area contributed by atoms with Crippen molar-refractivity contribution < 1.29 is 14.3 Å². The lowest BCUT2D eigenvalue weighted by molar-refractivity contribution is -0.144. The monoisotopic (exact) mass is 317 g/mol. The molecular weight excluding hydrogens is 294 g/mol. The van der Waals surface area contributed by atoms with Crippen LogP contribution >= 0.6 is 0 Å². The van der Waals surface area contributed by atoms with E-state index in [1.54, 1.807) is 37.6 Å². The molecule has 0 saturated carbocycles. The van der Waals surface area contributed by atoms with Crippen LogP contribution in [0.3, 0.4) is 0 Å². The van der Waals surface area contributed by atoms with Gasteiger partial charge in [0.05, 0.1) is 13.7 Å². The second-order valence-corrected chi connectivity index (χ2v) is 5.48. The van der Waals surface area contributed by atoms with Crippen LogP contribution < -0.4 is 10.3 Å². The van der Waals surface area contributed by atoms with E-state index in [1.165, 1.54) is 4.57 Å². The Morgan fingerprint density at radius 1 is 1.17 bits per heavy atom. The van der Waals surface area contributed by atoms with Crippen molar-refractivity contribution in [3.63, 3.8) is 0 Å². The van der Waals surface area contributed by atoms with Crippen molar-refractivity contribution in [2.45, 2.75) is 39.2 Å². The molecule has 1 aromatic heterocycles. The third-order valence-electron chi connectivity index (χ3n) is 3.74. The van der Waals surface area contributed by atoms with Crippen molar-refractivity contribution >= 4 is 16.7 Å². The lowest BCUT2D eigenvalue weighted by Gasteiger charge is -2.08. The summed E-state index contributed by atoms with van der Waals surface area (Å²) in [6, 6.07) is 7.05. The summed E-state index contributed by atoms with van der Waals surface area (Å²) in [5.41, 5.74) is -0.201. The molecule has 0 spiro atoms. The van der Waals surface area contributed by atoms with Crippen LogP contribution in [-0.4, -0.2) is 24.3 Å². The zero-order valence-corrected chi connectivity index (χ0v) is 13.7. The molecule has 0 aliphatic carbocycles. The van der Waals surface area contributed by atoms with E-state index in [0.29, 0.717) is 17.7 Å². The molecule has 0 N–H and O–H groups in total. The van der Waals surface area contributed by atoms with Crippen LogP contribution in [0, 0.1) is 0 Å². The molecule has 1 heterocycles. The van der Waals surface area contributed by atoms with Gasteiger partial charge in [0.15, 0.2) is 0 Å². The van der Waals surface area contributed by atoms with Gasteiger partial charge < -0.3 is 14.0 Å². The predicted molar refractivity (Wildman–Crippen MR) is 89.9 cm³/mol. The Bertz CT molecular complexity index is 721. The van der Waals surface area contributed by atoms with Gasteiger partial charge >= 0.3 is 5.97 Å². The number of rotatable bonds is 8. The van der Waals surface area contributed by atoms with Crippen LogP contribution in [0.1, 0.15) is 32.6 Å². The minimum absolute atomic E-state index is 0.0609. The number of methoxy groups -OCH3 is 1. The first kappa shape index (κ1) is 17.1. The van der Waals surface area contributed by atoms with Crippen LogP contribution in [0.2, 0.25) is 0 Å². The molecule has 0 atom stereocenters. The van der Waals surface area contributed by atoms with Gasteiger partial charge in [0.1, 0.15) is 12.3 Å². The van der Waals surface area contributed by atoms with E-state index in [2.05, 4.69) is 6.92 Å². The molecular formula is C18H23NO4. The fourth-order valence-electron chi connectivity index (χ4n) is 2.42. The second kappa shape index (κ2) is 8.36. The molecule has 5 heteroatoms. The topological polar surface area (TPSA) is 57.5 Å². The van der Waals surface area contributed by atoms with Crippen molar-refractivity contribution in [1.82, 2.24) is 4.57 Å². The highest BCUT2D eigenvalue weighted by Gasteiger charge is 2.08. The quantitative estimate of drug-likeness (QED) is 0.554. The van der Waals surface area contributed by atoms with Gasteiger partial charge in [-0.2, -0.15) is 0 Å². The van der Waals surface area contributed by atoms with Gasteiger partial charge in [-0.3, -0.25) is 9.59 Å². The molecule has 0 radical (unpaired) electrons. The highest BCUT2D eigenvalue weighted by atomic mass is 16.5. The molecule has 23 heavy (non-hydrogen) atoms. The average Bonchev–Trinajstić information content (AvgIpc) is 2.57. The molecule has 2 rings (SSSR count). The maximum Gasteiger partial charge on any atom is 0.326 e. The summed E-state index contributed by atoms with van der Waals surface area (Å²) in [6.45, 7) is 2.49. The molecule has 124 valence electrons. The lowest BCUT2D eigenvalue weighted by Crippen LogP contribution is -2.25. The number of ether oxygens (including phenoxy) is 2. The molecule has 0 unspecified atom stereocenters. The third-order valence-corrected chi connectivity index (χ3v) is 3.74. The normalized spacial score (nSPS) is 10.7. The number of carbonyl (C=O) groups is 1. The summed E-state index contributed by atoms with van der Waals surface area (Å²) in [7, 11) is 1.58. The molecule has 2 aromatic rings. The van der Waals surface area contributed by atoms with Crippen LogP contribution in [-0.2, 0) is 16.1 Å². The average molecular weight is 317 g/mol. The van der Waals surface area contributed by atoms with E-state index >= 15 is 0 Å². The molecule has 0 aliphatic rings. The molecule has 1 aromatic carbocycles. The smallest absolute Gasteiger partial charge is 0.326 e. The summed E-state index contributed by atoms with van der Waals surface area (Å²) in [5.74, 6) is 0.317. The number of pyridine rings is 1. The standard InChI is InChI=1S/C18H23NO4/c1-3-4-5-6-11-23-17(20)13-19-10-9-14-12-15(22-2)7-8-16(14)18(19)21/h7-10,12H,3-6,11,13H2,1-2H3. The molecule has 0 aliphatic heterocycles. The number of benzene rings is 1. The van der Waals surface area contributed by atoms with Crippen LogP contribution in [0.15, 0.2) is 35.3 Å². The summed E-state index contributed by atoms with van der Waals surface area (Å²) < 4.78 is 11.7. The molecule has 0 bridgehead atoms. The maximum atomic E-state index is 12.4. The Morgan fingerprint density at radius 2 is 2.00 bits per heavy atom. The van der Waals surface area contributed by atoms with Crippen molar-refractivity contribution in [1.29, 1.82) is 0 Å². The maximum absolute atomic E-state index is 12.4. The van der Waals surface area contributed by atoms with Gasteiger partial charge in [-0.1, -0.05) is 26.2 Å². The molecule has 0 amide bonds.